The Morgan fingerprint density at radius 1 is 0.523 bits per heavy atom. The first-order valence-corrected chi connectivity index (χ1v) is 19.0. The van der Waals surface area contributed by atoms with Gasteiger partial charge in [-0.2, -0.15) is 0 Å². The minimum atomic E-state index is -1.01. The number of esters is 1. The Balaban J connectivity index is 3.56. The zero-order chi connectivity index (χ0) is 32.2. The van der Waals surface area contributed by atoms with Crippen LogP contribution in [0.25, 0.3) is 0 Å². The lowest BCUT2D eigenvalue weighted by Gasteiger charge is -2.13. The van der Waals surface area contributed by atoms with Crippen molar-refractivity contribution in [2.24, 2.45) is 0 Å². The maximum Gasteiger partial charge on any atom is 0.345 e. The molecule has 0 saturated heterocycles. The van der Waals surface area contributed by atoms with Gasteiger partial charge in [0.1, 0.15) is 0 Å². The summed E-state index contributed by atoms with van der Waals surface area (Å²) < 4.78 is 5.31. The van der Waals surface area contributed by atoms with Gasteiger partial charge in [0.15, 0.2) is 6.10 Å². The average Bonchev–Trinajstić information content (AvgIpc) is 3.01. The normalized spacial score (nSPS) is 12.6. The Bertz CT molecular complexity index is 708. The quantitative estimate of drug-likeness (QED) is 0.0444. The number of carboxylic acid groups (broad SMARTS) is 1. The number of rotatable bonds is 34. The van der Waals surface area contributed by atoms with Gasteiger partial charge < -0.3 is 9.84 Å². The lowest BCUT2D eigenvalue weighted by atomic mass is 10.0. The third-order valence-corrected chi connectivity index (χ3v) is 8.40. The fourth-order valence-corrected chi connectivity index (χ4v) is 5.57. The highest BCUT2D eigenvalue weighted by atomic mass is 16.6. The molecule has 0 radical (unpaired) electrons. The second-order valence-corrected chi connectivity index (χ2v) is 12.7. The third kappa shape index (κ3) is 33.1. The van der Waals surface area contributed by atoms with E-state index in [1.54, 1.807) is 0 Å². The van der Waals surface area contributed by atoms with Gasteiger partial charge in [-0.1, -0.05) is 179 Å². The number of carboxylic acids is 1. The van der Waals surface area contributed by atoms with Crippen molar-refractivity contribution in [3.05, 3.63) is 36.5 Å². The number of hydrogen-bond donors (Lipinski definition) is 1. The van der Waals surface area contributed by atoms with Gasteiger partial charge in [-0.05, 0) is 51.4 Å². The number of unbranched alkanes of at least 4 members (excludes halogenated alkanes) is 22. The van der Waals surface area contributed by atoms with E-state index in [4.69, 9.17) is 4.74 Å². The summed E-state index contributed by atoms with van der Waals surface area (Å²) in [6, 6.07) is 0. The minimum Gasteiger partial charge on any atom is -0.479 e. The summed E-state index contributed by atoms with van der Waals surface area (Å²) >= 11 is 0. The first-order valence-electron chi connectivity index (χ1n) is 19.0. The molecule has 0 saturated carbocycles. The molecule has 1 atom stereocenters. The van der Waals surface area contributed by atoms with Gasteiger partial charge in [0, 0.05) is 6.42 Å². The maximum atomic E-state index is 12.2. The molecule has 4 nitrogen and oxygen atoms in total. The van der Waals surface area contributed by atoms with Crippen molar-refractivity contribution < 1.29 is 19.4 Å². The van der Waals surface area contributed by atoms with Gasteiger partial charge >= 0.3 is 11.9 Å². The first kappa shape index (κ1) is 42.2. The van der Waals surface area contributed by atoms with Crippen molar-refractivity contribution in [1.82, 2.24) is 0 Å². The van der Waals surface area contributed by atoms with Gasteiger partial charge in [0.2, 0.25) is 0 Å². The second-order valence-electron chi connectivity index (χ2n) is 12.7. The fourth-order valence-electron chi connectivity index (χ4n) is 5.57. The van der Waals surface area contributed by atoms with E-state index in [9.17, 15) is 14.7 Å². The van der Waals surface area contributed by atoms with Crippen LogP contribution < -0.4 is 0 Å². The average molecular weight is 617 g/mol. The molecular formula is C40H72O4. The third-order valence-electron chi connectivity index (χ3n) is 8.40. The first-order chi connectivity index (χ1) is 21.6. The van der Waals surface area contributed by atoms with Crippen LogP contribution in [0.1, 0.15) is 200 Å². The van der Waals surface area contributed by atoms with E-state index in [1.807, 2.05) is 0 Å². The van der Waals surface area contributed by atoms with Crippen LogP contribution in [0.2, 0.25) is 0 Å². The number of carbonyl (C=O) groups is 2. The summed E-state index contributed by atoms with van der Waals surface area (Å²) in [5.74, 6) is -1.36. The SMILES string of the molecule is CC/C=C\C/C=C\C/C=C\CCCCCCCCCCCC(=O)OC(CCCCCCCCCCCCCCCC)C(=O)O. The summed E-state index contributed by atoms with van der Waals surface area (Å²) in [4.78, 5) is 23.8. The van der Waals surface area contributed by atoms with E-state index in [0.29, 0.717) is 12.8 Å². The molecule has 0 bridgehead atoms. The predicted molar refractivity (Wildman–Crippen MR) is 190 cm³/mol. The summed E-state index contributed by atoms with van der Waals surface area (Å²) in [6.07, 6.45) is 46.1. The topological polar surface area (TPSA) is 63.6 Å². The minimum absolute atomic E-state index is 0.335. The fraction of sp³-hybridized carbons (Fsp3) is 0.800. The molecule has 0 heterocycles. The molecular weight excluding hydrogens is 544 g/mol. The molecule has 0 aliphatic rings. The highest BCUT2D eigenvalue weighted by Gasteiger charge is 2.21. The Kier molecular flexibility index (Phi) is 34.1. The Labute approximate surface area is 273 Å². The van der Waals surface area contributed by atoms with Crippen LogP contribution in [0.4, 0.5) is 0 Å². The highest BCUT2D eigenvalue weighted by Crippen LogP contribution is 2.16. The molecule has 0 fully saturated rings. The Morgan fingerprint density at radius 3 is 1.41 bits per heavy atom. The van der Waals surface area contributed by atoms with Crippen molar-refractivity contribution in [3.8, 4) is 0 Å². The van der Waals surface area contributed by atoms with Gasteiger partial charge in [0.05, 0.1) is 0 Å². The molecule has 0 aromatic carbocycles. The van der Waals surface area contributed by atoms with E-state index in [2.05, 4.69) is 50.3 Å². The van der Waals surface area contributed by atoms with E-state index in [-0.39, 0.29) is 5.97 Å². The molecule has 1 N–H and O–H groups in total. The highest BCUT2D eigenvalue weighted by molar-refractivity contribution is 5.77. The van der Waals surface area contributed by atoms with E-state index < -0.39 is 12.1 Å². The smallest absolute Gasteiger partial charge is 0.345 e. The largest absolute Gasteiger partial charge is 0.479 e. The second kappa shape index (κ2) is 35.6. The summed E-state index contributed by atoms with van der Waals surface area (Å²) in [7, 11) is 0. The van der Waals surface area contributed by atoms with Crippen molar-refractivity contribution in [3.63, 3.8) is 0 Å². The number of allylic oxidation sites excluding steroid dienone is 6. The summed E-state index contributed by atoms with van der Waals surface area (Å²) in [5, 5.41) is 9.48. The van der Waals surface area contributed by atoms with Crippen molar-refractivity contribution in [2.75, 3.05) is 0 Å². The molecule has 0 aromatic rings. The standard InChI is InChI=1S/C40H72O4/c1-3-5-7-9-11-13-15-17-19-20-21-22-23-25-27-29-31-33-35-37-39(41)44-38(40(42)43)36-34-32-30-28-26-24-18-16-14-12-10-8-6-4-2/h5,7,11,13,17,19,38H,3-4,6,8-10,12,14-16,18,20-37H2,1-2H3,(H,42,43)/b7-5-,13-11-,19-17-. The van der Waals surface area contributed by atoms with Crippen LogP contribution in [-0.4, -0.2) is 23.1 Å². The van der Waals surface area contributed by atoms with Gasteiger partial charge in [-0.3, -0.25) is 4.79 Å². The number of carbonyl (C=O) groups excluding carboxylic acids is 1. The van der Waals surface area contributed by atoms with Gasteiger partial charge in [-0.25, -0.2) is 4.79 Å². The van der Waals surface area contributed by atoms with Gasteiger partial charge in [0.25, 0.3) is 0 Å². The Morgan fingerprint density at radius 2 is 0.932 bits per heavy atom. The maximum absolute atomic E-state index is 12.2. The van der Waals surface area contributed by atoms with Crippen LogP contribution in [-0.2, 0) is 14.3 Å². The Hall–Kier alpha value is -1.84. The zero-order valence-electron chi connectivity index (χ0n) is 29.2. The number of hydrogen-bond acceptors (Lipinski definition) is 3. The lowest BCUT2D eigenvalue weighted by Crippen LogP contribution is -2.27. The van der Waals surface area contributed by atoms with Crippen molar-refractivity contribution in [1.29, 1.82) is 0 Å². The lowest BCUT2D eigenvalue weighted by molar-refractivity contribution is -0.164. The van der Waals surface area contributed by atoms with E-state index in [0.717, 1.165) is 57.8 Å². The zero-order valence-corrected chi connectivity index (χ0v) is 29.2. The molecule has 0 rings (SSSR count). The van der Waals surface area contributed by atoms with E-state index >= 15 is 0 Å². The summed E-state index contributed by atoms with van der Waals surface area (Å²) in [6.45, 7) is 4.43. The molecule has 1 unspecified atom stereocenters. The van der Waals surface area contributed by atoms with Crippen LogP contribution in [0, 0.1) is 0 Å². The van der Waals surface area contributed by atoms with Crippen LogP contribution in [0.5, 0.6) is 0 Å². The summed E-state index contributed by atoms with van der Waals surface area (Å²) in [5.41, 5.74) is 0. The predicted octanol–water partition coefficient (Wildman–Crippen LogP) is 13.0. The molecule has 0 aliphatic heterocycles. The molecule has 256 valence electrons. The van der Waals surface area contributed by atoms with E-state index in [1.165, 1.54) is 116 Å². The van der Waals surface area contributed by atoms with Crippen LogP contribution >= 0.6 is 0 Å². The molecule has 0 spiro atoms. The number of ether oxygens (including phenoxy) is 1. The monoisotopic (exact) mass is 617 g/mol. The number of aliphatic carboxylic acids is 1. The van der Waals surface area contributed by atoms with Crippen LogP contribution in [0.3, 0.4) is 0 Å². The molecule has 0 amide bonds. The van der Waals surface area contributed by atoms with Crippen molar-refractivity contribution >= 4 is 11.9 Å². The molecule has 0 aromatic heterocycles. The molecule has 44 heavy (non-hydrogen) atoms. The molecule has 4 heteroatoms. The van der Waals surface area contributed by atoms with Crippen molar-refractivity contribution in [2.45, 2.75) is 206 Å². The van der Waals surface area contributed by atoms with Gasteiger partial charge in [-0.15, -0.1) is 0 Å². The van der Waals surface area contributed by atoms with Crippen LogP contribution in [0.15, 0.2) is 36.5 Å². The molecule has 0 aliphatic carbocycles.